The van der Waals surface area contributed by atoms with Gasteiger partial charge >= 0.3 is 0 Å². The van der Waals surface area contributed by atoms with E-state index < -0.39 is 0 Å². The number of fused-ring (bicyclic) bond motifs is 1. The number of benzene rings is 1. The Balaban J connectivity index is 1.48. The molecular weight excluding hydrogens is 300 g/mol. The predicted octanol–water partition coefficient (Wildman–Crippen LogP) is 2.04. The fourth-order valence-electron chi connectivity index (χ4n) is 4.92. The quantitative estimate of drug-likeness (QED) is 0.850. The van der Waals surface area contributed by atoms with Gasteiger partial charge in [0.25, 0.3) is 5.91 Å². The van der Waals surface area contributed by atoms with E-state index in [1.807, 2.05) is 36.4 Å². The minimum absolute atomic E-state index is 0.135. The van der Waals surface area contributed by atoms with E-state index in [0.717, 1.165) is 37.7 Å². The number of nitrogens with zero attached hydrogens (tertiary/aromatic N) is 4. The molecule has 5 heterocycles. The largest absolute Gasteiger partial charge is 0.333 e. The van der Waals surface area contributed by atoms with Gasteiger partial charge in [-0.15, -0.1) is 0 Å². The van der Waals surface area contributed by atoms with Crippen molar-refractivity contribution in [3.63, 3.8) is 0 Å². The maximum Gasteiger partial charge on any atom is 0.272 e. The Hall–Kier alpha value is -2.14. The molecule has 4 aliphatic rings. The number of amides is 1. The number of carbonyl (C=O) groups is 1. The molecule has 4 unspecified atom stereocenters. The third kappa shape index (κ3) is 2.26. The van der Waals surface area contributed by atoms with Crippen molar-refractivity contribution in [3.8, 4) is 5.69 Å². The Morgan fingerprint density at radius 2 is 1.79 bits per heavy atom. The van der Waals surface area contributed by atoms with Crippen molar-refractivity contribution < 1.29 is 4.79 Å². The minimum atomic E-state index is 0.135. The Labute approximate surface area is 141 Å². The van der Waals surface area contributed by atoms with E-state index in [2.05, 4.69) is 14.9 Å². The van der Waals surface area contributed by atoms with Gasteiger partial charge in [-0.25, -0.2) is 4.68 Å². The molecule has 0 N–H and O–H groups in total. The van der Waals surface area contributed by atoms with Gasteiger partial charge in [-0.3, -0.25) is 4.79 Å². The maximum atomic E-state index is 13.3. The molecule has 4 saturated heterocycles. The van der Waals surface area contributed by atoms with Gasteiger partial charge in [-0.2, -0.15) is 5.10 Å². The summed E-state index contributed by atoms with van der Waals surface area (Å²) < 4.78 is 1.78. The second-order valence-electron chi connectivity index (χ2n) is 7.50. The fraction of sp³-hybridized carbons (Fsp3) is 0.474. The molecule has 4 fully saturated rings. The first-order chi connectivity index (χ1) is 11.8. The molecule has 1 aromatic carbocycles. The summed E-state index contributed by atoms with van der Waals surface area (Å²) in [4.78, 5) is 18.0. The van der Waals surface area contributed by atoms with Crippen LogP contribution in [0.5, 0.6) is 0 Å². The molecule has 0 saturated carbocycles. The van der Waals surface area contributed by atoms with E-state index >= 15 is 0 Å². The van der Waals surface area contributed by atoms with Crippen LogP contribution in [-0.2, 0) is 0 Å². The van der Waals surface area contributed by atoms with Gasteiger partial charge in [0.15, 0.2) is 0 Å². The summed E-state index contributed by atoms with van der Waals surface area (Å²) in [6.45, 7) is 4.33. The van der Waals surface area contributed by atoms with E-state index in [1.165, 1.54) is 13.0 Å². The van der Waals surface area contributed by atoms with Gasteiger partial charge in [0.05, 0.1) is 11.9 Å². The highest BCUT2D eigenvalue weighted by Gasteiger charge is 2.43. The Bertz CT molecular complexity index is 742. The van der Waals surface area contributed by atoms with Crippen molar-refractivity contribution >= 4 is 5.91 Å². The highest BCUT2D eigenvalue weighted by Crippen LogP contribution is 2.37. The summed E-state index contributed by atoms with van der Waals surface area (Å²) in [6, 6.07) is 12.1. The number of hydrogen-bond donors (Lipinski definition) is 0. The standard InChI is InChI=1S/C19H22N4O/c24-19(18-6-7-20-23(18)16-4-2-1-3-5-16)22-12-15-8-14-9-17(22)13-21(10-14)11-15/h1-7,14-15,17H,8-13H2. The molecule has 2 aromatic rings. The van der Waals surface area contributed by atoms with E-state index in [1.54, 1.807) is 10.9 Å². The number of para-hydroxylation sites is 1. The zero-order valence-electron chi connectivity index (χ0n) is 13.7. The Kier molecular flexibility index (Phi) is 3.23. The van der Waals surface area contributed by atoms with Crippen LogP contribution < -0.4 is 0 Å². The van der Waals surface area contributed by atoms with Gasteiger partial charge in [-0.05, 0) is 42.9 Å². The predicted molar refractivity (Wildman–Crippen MR) is 91.0 cm³/mol. The number of rotatable bonds is 2. The third-order valence-corrected chi connectivity index (χ3v) is 5.79. The minimum Gasteiger partial charge on any atom is -0.333 e. The molecule has 124 valence electrons. The molecule has 0 spiro atoms. The number of piperidine rings is 2. The first kappa shape index (κ1) is 14.2. The van der Waals surface area contributed by atoms with Crippen molar-refractivity contribution in [1.29, 1.82) is 0 Å². The van der Waals surface area contributed by atoms with Crippen molar-refractivity contribution in [3.05, 3.63) is 48.3 Å². The summed E-state index contributed by atoms with van der Waals surface area (Å²) in [7, 11) is 0. The zero-order valence-corrected chi connectivity index (χ0v) is 13.7. The zero-order chi connectivity index (χ0) is 16.1. The number of carbonyl (C=O) groups excluding carboxylic acids is 1. The van der Waals surface area contributed by atoms with E-state index in [4.69, 9.17) is 0 Å². The van der Waals surface area contributed by atoms with Crippen LogP contribution in [0, 0.1) is 11.8 Å². The first-order valence-corrected chi connectivity index (χ1v) is 8.90. The van der Waals surface area contributed by atoms with Crippen molar-refractivity contribution in [2.45, 2.75) is 18.9 Å². The van der Waals surface area contributed by atoms with E-state index in [9.17, 15) is 4.79 Å². The van der Waals surface area contributed by atoms with Crippen LogP contribution in [0.25, 0.3) is 5.69 Å². The van der Waals surface area contributed by atoms with E-state index in [0.29, 0.717) is 17.7 Å². The Morgan fingerprint density at radius 3 is 2.62 bits per heavy atom. The molecule has 5 heteroatoms. The molecule has 5 nitrogen and oxygen atoms in total. The summed E-state index contributed by atoms with van der Waals surface area (Å²) in [5.74, 6) is 1.54. The van der Waals surface area contributed by atoms with Crippen molar-refractivity contribution in [2.75, 3.05) is 26.2 Å². The molecule has 1 amide bonds. The highest BCUT2D eigenvalue weighted by atomic mass is 16.2. The van der Waals surface area contributed by atoms with Crippen LogP contribution in [-0.4, -0.2) is 57.7 Å². The van der Waals surface area contributed by atoms with Gasteiger partial charge in [0.1, 0.15) is 5.69 Å². The SMILES string of the molecule is O=C(c1ccnn1-c1ccccc1)N1CC2CC3CC1CN(C3)C2. The molecular formula is C19H22N4O. The van der Waals surface area contributed by atoms with Crippen LogP contribution in [0.2, 0.25) is 0 Å². The second kappa shape index (κ2) is 5.45. The van der Waals surface area contributed by atoms with Crippen LogP contribution in [0.15, 0.2) is 42.6 Å². The molecule has 4 aliphatic heterocycles. The summed E-state index contributed by atoms with van der Waals surface area (Å²) >= 11 is 0. The van der Waals surface area contributed by atoms with Crippen LogP contribution in [0.1, 0.15) is 23.3 Å². The molecule has 4 atom stereocenters. The summed E-state index contributed by atoms with van der Waals surface area (Å²) in [6.07, 6.45) is 4.18. The van der Waals surface area contributed by atoms with Crippen molar-refractivity contribution in [1.82, 2.24) is 19.6 Å². The molecule has 24 heavy (non-hydrogen) atoms. The normalized spacial score (nSPS) is 31.2. The molecule has 6 rings (SSSR count). The second-order valence-corrected chi connectivity index (χ2v) is 7.50. The Morgan fingerprint density at radius 1 is 0.958 bits per heavy atom. The fourth-order valence-corrected chi connectivity index (χ4v) is 4.92. The van der Waals surface area contributed by atoms with Crippen LogP contribution in [0.3, 0.4) is 0 Å². The third-order valence-electron chi connectivity index (χ3n) is 5.79. The lowest BCUT2D eigenvalue weighted by Gasteiger charge is -2.41. The number of hydrogen-bond acceptors (Lipinski definition) is 3. The smallest absolute Gasteiger partial charge is 0.272 e. The molecule has 4 bridgehead atoms. The first-order valence-electron chi connectivity index (χ1n) is 8.90. The average Bonchev–Trinajstić information content (AvgIpc) is 3.00. The topological polar surface area (TPSA) is 41.4 Å². The summed E-state index contributed by atoms with van der Waals surface area (Å²) in [5, 5.41) is 4.39. The lowest BCUT2D eigenvalue weighted by atomic mass is 9.84. The number of aromatic nitrogens is 2. The van der Waals surface area contributed by atoms with Crippen LogP contribution in [0.4, 0.5) is 0 Å². The average molecular weight is 322 g/mol. The monoisotopic (exact) mass is 322 g/mol. The molecule has 1 aromatic heterocycles. The lowest BCUT2D eigenvalue weighted by molar-refractivity contribution is 0.0566. The van der Waals surface area contributed by atoms with Gasteiger partial charge in [0, 0.05) is 32.2 Å². The van der Waals surface area contributed by atoms with Crippen molar-refractivity contribution in [2.24, 2.45) is 11.8 Å². The maximum absolute atomic E-state index is 13.3. The van der Waals surface area contributed by atoms with E-state index in [-0.39, 0.29) is 5.91 Å². The van der Waals surface area contributed by atoms with Gasteiger partial charge in [0.2, 0.25) is 0 Å². The van der Waals surface area contributed by atoms with Gasteiger partial charge in [-0.1, -0.05) is 18.2 Å². The van der Waals surface area contributed by atoms with Gasteiger partial charge < -0.3 is 9.80 Å². The highest BCUT2D eigenvalue weighted by molar-refractivity contribution is 5.93. The molecule has 0 aliphatic carbocycles. The lowest BCUT2D eigenvalue weighted by Crippen LogP contribution is -2.50. The van der Waals surface area contributed by atoms with Crippen LogP contribution >= 0.6 is 0 Å². The summed E-state index contributed by atoms with van der Waals surface area (Å²) in [5.41, 5.74) is 1.62. The molecule has 0 radical (unpaired) electrons.